The molecule has 3 heterocycles. The molecular weight excluding hydrogens is 454 g/mol. The molecule has 1 N–H and O–H groups in total. The second-order valence-corrected chi connectivity index (χ2v) is 9.27. The first kappa shape index (κ1) is 21.4. The summed E-state index contributed by atoms with van der Waals surface area (Å²) in [7, 11) is 0. The maximum absolute atomic E-state index is 12.9. The van der Waals surface area contributed by atoms with Crippen molar-refractivity contribution in [1.82, 2.24) is 9.58 Å². The number of halogens is 1. The number of benzene rings is 2. The van der Waals surface area contributed by atoms with E-state index in [-0.39, 0.29) is 11.4 Å². The summed E-state index contributed by atoms with van der Waals surface area (Å²) < 4.78 is 2.14. The van der Waals surface area contributed by atoms with Crippen LogP contribution in [0.2, 0.25) is 5.02 Å². The molecule has 0 spiro atoms. The maximum Gasteiger partial charge on any atom is 0.283 e. The Labute approximate surface area is 200 Å². The summed E-state index contributed by atoms with van der Waals surface area (Å²) in [5.74, 6) is -0.449. The number of amidine groups is 2. The molecule has 33 heavy (non-hydrogen) atoms. The Balaban J connectivity index is 1.53. The normalized spacial score (nSPS) is 16.8. The molecule has 0 unspecified atom stereocenters. The Morgan fingerprint density at radius 2 is 1.85 bits per heavy atom. The molecule has 0 saturated carbocycles. The standard InChI is InChI=1S/C25H20ClN5OS/c1-14-7-6-8-18(11-14)30-15(2)12-17(16(30)3)13-20-22(27)31-25(28-23(20)32)33-24(29-31)19-9-4-5-10-21(19)26/h4-13,27H,1-3H3. The van der Waals surface area contributed by atoms with Gasteiger partial charge in [-0.05, 0) is 74.0 Å². The molecule has 3 aromatic rings. The number of hydrogen-bond acceptors (Lipinski definition) is 4. The molecule has 0 atom stereocenters. The smallest absolute Gasteiger partial charge is 0.283 e. The highest BCUT2D eigenvalue weighted by atomic mass is 35.5. The average Bonchev–Trinajstić information content (AvgIpc) is 3.32. The number of carbonyl (C=O) groups excluding carboxylic acids is 1. The number of fused-ring (bicyclic) bond motifs is 1. The van der Waals surface area contributed by atoms with Gasteiger partial charge in [-0.2, -0.15) is 15.1 Å². The number of aryl methyl sites for hydroxylation is 2. The van der Waals surface area contributed by atoms with E-state index in [1.54, 1.807) is 12.1 Å². The van der Waals surface area contributed by atoms with Crippen LogP contribution < -0.4 is 0 Å². The Hall–Kier alpha value is -3.42. The lowest BCUT2D eigenvalue weighted by molar-refractivity contribution is -0.114. The number of aromatic nitrogens is 1. The number of rotatable bonds is 3. The monoisotopic (exact) mass is 473 g/mol. The third kappa shape index (κ3) is 3.73. The van der Waals surface area contributed by atoms with Gasteiger partial charge in [0.15, 0.2) is 5.84 Å². The van der Waals surface area contributed by atoms with E-state index >= 15 is 0 Å². The van der Waals surface area contributed by atoms with E-state index in [9.17, 15) is 4.79 Å². The first-order chi connectivity index (χ1) is 15.8. The van der Waals surface area contributed by atoms with E-state index < -0.39 is 5.91 Å². The number of aliphatic imine (C=N–C) groups is 1. The van der Waals surface area contributed by atoms with Crippen molar-refractivity contribution in [2.75, 3.05) is 0 Å². The summed E-state index contributed by atoms with van der Waals surface area (Å²) >= 11 is 7.55. The van der Waals surface area contributed by atoms with Crippen LogP contribution in [0.5, 0.6) is 0 Å². The minimum Gasteiger partial charge on any atom is -0.318 e. The van der Waals surface area contributed by atoms with Gasteiger partial charge in [0, 0.05) is 22.6 Å². The highest BCUT2D eigenvalue weighted by Crippen LogP contribution is 2.33. The molecular formula is C25H20ClN5OS. The molecule has 2 aromatic carbocycles. The molecule has 6 nitrogen and oxygen atoms in total. The lowest BCUT2D eigenvalue weighted by Gasteiger charge is -2.20. The average molecular weight is 474 g/mol. The van der Waals surface area contributed by atoms with Gasteiger partial charge in [-0.3, -0.25) is 10.2 Å². The number of carbonyl (C=O) groups is 1. The Morgan fingerprint density at radius 1 is 1.06 bits per heavy atom. The Morgan fingerprint density at radius 3 is 2.61 bits per heavy atom. The van der Waals surface area contributed by atoms with Crippen LogP contribution in [0, 0.1) is 26.2 Å². The van der Waals surface area contributed by atoms with E-state index in [0.717, 1.165) is 28.2 Å². The number of hydrazone groups is 1. The van der Waals surface area contributed by atoms with Crippen molar-refractivity contribution in [2.45, 2.75) is 20.8 Å². The molecule has 2 aliphatic heterocycles. The van der Waals surface area contributed by atoms with E-state index in [1.165, 1.54) is 22.3 Å². The fourth-order valence-corrected chi connectivity index (χ4v) is 5.20. The van der Waals surface area contributed by atoms with E-state index in [4.69, 9.17) is 17.0 Å². The minimum atomic E-state index is -0.449. The van der Waals surface area contributed by atoms with Crippen LogP contribution in [0.4, 0.5) is 0 Å². The van der Waals surface area contributed by atoms with Crippen molar-refractivity contribution >= 4 is 51.4 Å². The molecule has 5 rings (SSSR count). The van der Waals surface area contributed by atoms with Crippen LogP contribution in [-0.2, 0) is 4.79 Å². The molecule has 1 amide bonds. The van der Waals surface area contributed by atoms with Crippen molar-refractivity contribution in [3.63, 3.8) is 0 Å². The predicted molar refractivity (Wildman–Crippen MR) is 136 cm³/mol. The van der Waals surface area contributed by atoms with Crippen LogP contribution in [0.1, 0.15) is 28.1 Å². The van der Waals surface area contributed by atoms with Gasteiger partial charge in [0.25, 0.3) is 5.91 Å². The Bertz CT molecular complexity index is 1430. The summed E-state index contributed by atoms with van der Waals surface area (Å²) in [5.41, 5.74) is 6.07. The van der Waals surface area contributed by atoms with Crippen molar-refractivity contribution in [2.24, 2.45) is 10.1 Å². The van der Waals surface area contributed by atoms with Gasteiger partial charge in [-0.1, -0.05) is 41.9 Å². The quantitative estimate of drug-likeness (QED) is 0.494. The molecule has 0 fully saturated rings. The third-order valence-electron chi connectivity index (χ3n) is 5.59. The molecule has 0 bridgehead atoms. The SMILES string of the molecule is Cc1cccc(-n2c(C)cc(C=C3C(=N)N4N=C(c5ccccc5Cl)SC4=NC3=O)c2C)c1. The van der Waals surface area contributed by atoms with Crippen LogP contribution in [0.3, 0.4) is 0 Å². The second-order valence-electron chi connectivity index (χ2n) is 7.91. The van der Waals surface area contributed by atoms with Crippen molar-refractivity contribution in [3.05, 3.63) is 93.3 Å². The van der Waals surface area contributed by atoms with Gasteiger partial charge in [-0.25, -0.2) is 0 Å². The van der Waals surface area contributed by atoms with Crippen molar-refractivity contribution < 1.29 is 4.79 Å². The molecule has 8 heteroatoms. The van der Waals surface area contributed by atoms with E-state index in [2.05, 4.69) is 39.8 Å². The zero-order chi connectivity index (χ0) is 23.3. The Kier molecular flexibility index (Phi) is 5.31. The van der Waals surface area contributed by atoms with Crippen LogP contribution in [-0.4, -0.2) is 31.5 Å². The largest absolute Gasteiger partial charge is 0.318 e. The summed E-state index contributed by atoms with van der Waals surface area (Å²) in [6.07, 6.45) is 1.73. The van der Waals surface area contributed by atoms with E-state index in [0.29, 0.717) is 15.2 Å². The van der Waals surface area contributed by atoms with Crippen molar-refractivity contribution in [3.8, 4) is 5.69 Å². The lowest BCUT2D eigenvalue weighted by atomic mass is 10.1. The summed E-state index contributed by atoms with van der Waals surface area (Å²) in [6.45, 7) is 6.09. The molecule has 1 aromatic heterocycles. The number of hydrogen-bond donors (Lipinski definition) is 1. The molecule has 0 aliphatic carbocycles. The van der Waals surface area contributed by atoms with Gasteiger partial charge < -0.3 is 4.57 Å². The lowest BCUT2D eigenvalue weighted by Crippen LogP contribution is -2.35. The number of nitrogens with zero attached hydrogens (tertiary/aromatic N) is 4. The fourth-order valence-electron chi connectivity index (χ4n) is 3.99. The first-order valence-corrected chi connectivity index (χ1v) is 11.5. The van der Waals surface area contributed by atoms with Gasteiger partial charge >= 0.3 is 0 Å². The summed E-state index contributed by atoms with van der Waals surface area (Å²) in [5, 5.41) is 16.1. The highest BCUT2D eigenvalue weighted by Gasteiger charge is 2.36. The highest BCUT2D eigenvalue weighted by molar-refractivity contribution is 8.27. The second kappa shape index (κ2) is 8.17. The van der Waals surface area contributed by atoms with Gasteiger partial charge in [0.1, 0.15) is 5.04 Å². The first-order valence-electron chi connectivity index (χ1n) is 10.3. The minimum absolute atomic E-state index is 0.0000813. The van der Waals surface area contributed by atoms with Crippen LogP contribution in [0.25, 0.3) is 11.8 Å². The number of thioether (sulfide) groups is 1. The predicted octanol–water partition coefficient (Wildman–Crippen LogP) is 5.72. The topological polar surface area (TPSA) is 73.8 Å². The van der Waals surface area contributed by atoms with Gasteiger partial charge in [0.2, 0.25) is 5.17 Å². The van der Waals surface area contributed by atoms with Crippen molar-refractivity contribution in [1.29, 1.82) is 5.41 Å². The number of nitrogens with one attached hydrogen (secondary N) is 1. The van der Waals surface area contributed by atoms with E-state index in [1.807, 2.05) is 44.2 Å². The van der Waals surface area contributed by atoms with Crippen LogP contribution in [0.15, 0.2) is 70.3 Å². The molecule has 2 aliphatic rings. The third-order valence-corrected chi connectivity index (χ3v) is 6.86. The van der Waals surface area contributed by atoms with Gasteiger partial charge in [-0.15, -0.1) is 0 Å². The maximum atomic E-state index is 12.9. The van der Waals surface area contributed by atoms with Gasteiger partial charge in [0.05, 0.1) is 10.6 Å². The molecule has 164 valence electrons. The summed E-state index contributed by atoms with van der Waals surface area (Å²) in [4.78, 5) is 17.1. The summed E-state index contributed by atoms with van der Waals surface area (Å²) in [6, 6.07) is 17.6. The molecule has 0 radical (unpaired) electrons. The fraction of sp³-hybridized carbons (Fsp3) is 0.120. The zero-order valence-corrected chi connectivity index (χ0v) is 19.8. The van der Waals surface area contributed by atoms with Crippen LogP contribution >= 0.6 is 23.4 Å². The zero-order valence-electron chi connectivity index (χ0n) is 18.3. The molecule has 0 saturated heterocycles. The number of amides is 1.